The molecule has 1 aromatic heterocycles. The average Bonchev–Trinajstić information content (AvgIpc) is 2.38. The van der Waals surface area contributed by atoms with Crippen molar-refractivity contribution in [2.75, 3.05) is 7.11 Å². The van der Waals surface area contributed by atoms with Crippen LogP contribution >= 0.6 is 28.1 Å². The second-order valence-electron chi connectivity index (χ2n) is 3.86. The van der Waals surface area contributed by atoms with Crippen molar-refractivity contribution in [3.63, 3.8) is 0 Å². The zero-order chi connectivity index (χ0) is 14.0. The van der Waals surface area contributed by atoms with Gasteiger partial charge in [0.1, 0.15) is 16.0 Å². The van der Waals surface area contributed by atoms with E-state index in [0.29, 0.717) is 17.1 Å². The van der Waals surface area contributed by atoms with Crippen LogP contribution in [0, 0.1) is 11.6 Å². The molecule has 0 saturated carbocycles. The van der Waals surface area contributed by atoms with Gasteiger partial charge in [-0.3, -0.25) is 0 Å². The van der Waals surface area contributed by atoms with Crippen LogP contribution in [-0.2, 0) is 4.74 Å². The molecule has 1 aromatic carbocycles. The highest BCUT2D eigenvalue weighted by atomic mass is 79.9. The molecule has 1 heterocycles. The minimum Gasteiger partial charge on any atom is -0.465 e. The Bertz CT molecular complexity index is 697. The molecule has 0 fully saturated rings. The maximum Gasteiger partial charge on any atom is 0.342 e. The monoisotopic (exact) mass is 338 g/mol. The van der Waals surface area contributed by atoms with Gasteiger partial charge in [0, 0.05) is 15.7 Å². The number of nitrogens with zero attached hydrogens (tertiary/aromatic N) is 1. The largest absolute Gasteiger partial charge is 0.465 e. The van der Waals surface area contributed by atoms with Gasteiger partial charge in [0.25, 0.3) is 0 Å². The number of methoxy groups -OCH3 is 1. The standard InChI is InChI=1S/C13H11BrN2O2S/c1-7-10(13(17)18-2)12(19)16-11(15-7)8-5-3-4-6-9(8)14/h3-6H,1-2H3,(H,15,16,19). The molecular formula is C13H11BrN2O2S. The lowest BCUT2D eigenvalue weighted by molar-refractivity contribution is 0.0598. The fraction of sp³-hybridized carbons (Fsp3) is 0.154. The molecule has 0 saturated heterocycles. The van der Waals surface area contributed by atoms with Crippen molar-refractivity contribution < 1.29 is 9.53 Å². The third kappa shape index (κ3) is 2.74. The van der Waals surface area contributed by atoms with Crippen LogP contribution in [0.1, 0.15) is 16.1 Å². The van der Waals surface area contributed by atoms with Gasteiger partial charge < -0.3 is 9.72 Å². The van der Waals surface area contributed by atoms with Gasteiger partial charge in [0.2, 0.25) is 0 Å². The summed E-state index contributed by atoms with van der Waals surface area (Å²) in [6, 6.07) is 7.65. The quantitative estimate of drug-likeness (QED) is 0.670. The van der Waals surface area contributed by atoms with E-state index in [9.17, 15) is 4.79 Å². The van der Waals surface area contributed by atoms with Gasteiger partial charge in [0.15, 0.2) is 0 Å². The van der Waals surface area contributed by atoms with E-state index in [1.54, 1.807) is 6.92 Å². The molecule has 98 valence electrons. The highest BCUT2D eigenvalue weighted by molar-refractivity contribution is 9.10. The van der Waals surface area contributed by atoms with Crippen LogP contribution in [0.25, 0.3) is 11.4 Å². The van der Waals surface area contributed by atoms with Crippen LogP contribution in [0.4, 0.5) is 0 Å². The van der Waals surface area contributed by atoms with Crippen LogP contribution in [0.15, 0.2) is 28.7 Å². The molecule has 0 unspecified atom stereocenters. The molecule has 0 aliphatic heterocycles. The number of H-pyrrole nitrogens is 1. The first kappa shape index (κ1) is 13.9. The lowest BCUT2D eigenvalue weighted by Gasteiger charge is -2.08. The van der Waals surface area contributed by atoms with Crippen LogP contribution in [0.3, 0.4) is 0 Å². The summed E-state index contributed by atoms with van der Waals surface area (Å²) < 4.78 is 5.82. The Kier molecular flexibility index (Phi) is 4.11. The summed E-state index contributed by atoms with van der Waals surface area (Å²) in [6.45, 7) is 1.77. The molecule has 2 aromatic rings. The summed E-state index contributed by atoms with van der Waals surface area (Å²) in [4.78, 5) is 19.0. The lowest BCUT2D eigenvalue weighted by Crippen LogP contribution is -2.09. The Labute approximate surface area is 124 Å². The van der Waals surface area contributed by atoms with Gasteiger partial charge >= 0.3 is 5.97 Å². The van der Waals surface area contributed by atoms with Crippen molar-refractivity contribution in [3.8, 4) is 11.4 Å². The number of carbonyl (C=O) groups excluding carboxylic acids is 1. The predicted molar refractivity (Wildman–Crippen MR) is 78.6 cm³/mol. The molecule has 0 bridgehead atoms. The highest BCUT2D eigenvalue weighted by Gasteiger charge is 2.15. The third-order valence-corrected chi connectivity index (χ3v) is 3.61. The van der Waals surface area contributed by atoms with Gasteiger partial charge in [-0.05, 0) is 13.0 Å². The number of carbonyl (C=O) groups is 1. The van der Waals surface area contributed by atoms with E-state index in [4.69, 9.17) is 17.0 Å². The number of aryl methyl sites for hydroxylation is 1. The Morgan fingerprint density at radius 2 is 2.11 bits per heavy atom. The minimum atomic E-state index is -0.482. The molecule has 0 aliphatic carbocycles. The number of ether oxygens (including phenoxy) is 1. The van der Waals surface area contributed by atoms with E-state index in [1.807, 2.05) is 24.3 Å². The number of aromatic nitrogens is 2. The first-order valence-electron chi connectivity index (χ1n) is 5.48. The van der Waals surface area contributed by atoms with Crippen LogP contribution < -0.4 is 0 Å². The summed E-state index contributed by atoms with van der Waals surface area (Å²) in [5.74, 6) is 0.132. The number of rotatable bonds is 2. The predicted octanol–water partition coefficient (Wildman–Crippen LogP) is 3.66. The Morgan fingerprint density at radius 3 is 2.68 bits per heavy atom. The summed E-state index contributed by atoms with van der Waals surface area (Å²) in [5, 5.41) is 0. The van der Waals surface area contributed by atoms with Crippen LogP contribution in [0.5, 0.6) is 0 Å². The van der Waals surface area contributed by atoms with Crippen LogP contribution in [-0.4, -0.2) is 23.0 Å². The van der Waals surface area contributed by atoms with Crippen LogP contribution in [0.2, 0.25) is 0 Å². The van der Waals surface area contributed by atoms with E-state index < -0.39 is 5.97 Å². The number of halogens is 1. The molecule has 0 atom stereocenters. The second kappa shape index (κ2) is 5.63. The Morgan fingerprint density at radius 1 is 1.42 bits per heavy atom. The molecule has 19 heavy (non-hydrogen) atoms. The maximum atomic E-state index is 11.6. The number of hydrogen-bond acceptors (Lipinski definition) is 4. The average molecular weight is 339 g/mol. The number of benzene rings is 1. The molecule has 0 radical (unpaired) electrons. The van der Waals surface area contributed by atoms with Gasteiger partial charge in [0.05, 0.1) is 7.11 Å². The normalized spacial score (nSPS) is 10.3. The van der Waals surface area contributed by atoms with E-state index >= 15 is 0 Å². The van der Waals surface area contributed by atoms with Crippen molar-refractivity contribution >= 4 is 34.1 Å². The van der Waals surface area contributed by atoms with E-state index in [2.05, 4.69) is 25.9 Å². The molecule has 2 rings (SSSR count). The van der Waals surface area contributed by atoms with Crippen molar-refractivity contribution in [2.45, 2.75) is 6.92 Å². The smallest absolute Gasteiger partial charge is 0.342 e. The number of esters is 1. The molecule has 4 nitrogen and oxygen atoms in total. The van der Waals surface area contributed by atoms with Gasteiger partial charge in [-0.1, -0.05) is 46.3 Å². The van der Waals surface area contributed by atoms with Gasteiger partial charge in [-0.15, -0.1) is 0 Å². The molecular weight excluding hydrogens is 328 g/mol. The van der Waals surface area contributed by atoms with Crippen molar-refractivity contribution in [1.82, 2.24) is 9.97 Å². The SMILES string of the molecule is COC(=O)c1c(C)[nH]c(-c2ccccc2Br)nc1=S. The number of hydrogen-bond donors (Lipinski definition) is 1. The van der Waals surface area contributed by atoms with Gasteiger partial charge in [-0.2, -0.15) is 0 Å². The van der Waals surface area contributed by atoms with Gasteiger partial charge in [-0.25, -0.2) is 9.78 Å². The fourth-order valence-electron chi connectivity index (χ4n) is 1.71. The third-order valence-electron chi connectivity index (χ3n) is 2.63. The lowest BCUT2D eigenvalue weighted by atomic mass is 10.2. The first-order valence-corrected chi connectivity index (χ1v) is 6.69. The van der Waals surface area contributed by atoms with Crippen molar-refractivity contribution in [1.29, 1.82) is 0 Å². The minimum absolute atomic E-state index is 0.230. The molecule has 0 spiro atoms. The molecule has 6 heteroatoms. The Balaban J connectivity index is 2.62. The van der Waals surface area contributed by atoms with Crippen molar-refractivity contribution in [2.24, 2.45) is 0 Å². The van der Waals surface area contributed by atoms with E-state index in [1.165, 1.54) is 7.11 Å². The zero-order valence-corrected chi connectivity index (χ0v) is 12.8. The van der Waals surface area contributed by atoms with E-state index in [-0.39, 0.29) is 4.64 Å². The summed E-state index contributed by atoms with van der Waals surface area (Å²) in [6.07, 6.45) is 0. The Hall–Kier alpha value is -1.53. The summed E-state index contributed by atoms with van der Waals surface area (Å²) in [7, 11) is 1.32. The number of nitrogens with one attached hydrogen (secondary N) is 1. The van der Waals surface area contributed by atoms with Crippen molar-refractivity contribution in [3.05, 3.63) is 44.6 Å². The summed E-state index contributed by atoms with van der Waals surface area (Å²) >= 11 is 8.62. The van der Waals surface area contributed by atoms with E-state index in [0.717, 1.165) is 10.0 Å². The highest BCUT2D eigenvalue weighted by Crippen LogP contribution is 2.25. The molecule has 0 amide bonds. The maximum absolute atomic E-state index is 11.6. The number of aromatic amines is 1. The first-order chi connectivity index (χ1) is 9.04. The molecule has 0 aliphatic rings. The fourth-order valence-corrected chi connectivity index (χ4v) is 2.51. The zero-order valence-electron chi connectivity index (χ0n) is 10.4. The summed E-state index contributed by atoms with van der Waals surface area (Å²) in [5.41, 5.74) is 1.82. The molecule has 1 N–H and O–H groups in total. The second-order valence-corrected chi connectivity index (χ2v) is 5.10. The topological polar surface area (TPSA) is 55.0 Å².